The number of rotatable bonds is 4. The normalized spacial score (nSPS) is 14.8. The highest BCUT2D eigenvalue weighted by molar-refractivity contribution is 5.94. The molecule has 0 saturated carbocycles. The predicted molar refractivity (Wildman–Crippen MR) is 129 cm³/mol. The van der Waals surface area contributed by atoms with E-state index in [4.69, 9.17) is 0 Å². The molecule has 1 saturated heterocycles. The van der Waals surface area contributed by atoms with Crippen LogP contribution in [0.3, 0.4) is 0 Å². The zero-order valence-electron chi connectivity index (χ0n) is 18.3. The first-order chi connectivity index (χ1) is 15.6. The van der Waals surface area contributed by atoms with E-state index in [0.29, 0.717) is 10.8 Å². The smallest absolute Gasteiger partial charge is 0.242 e. The third-order valence-corrected chi connectivity index (χ3v) is 6.55. The van der Waals surface area contributed by atoms with Gasteiger partial charge in [0, 0.05) is 43.5 Å². The van der Waals surface area contributed by atoms with Crippen LogP contribution in [0.4, 0.5) is 0 Å². The lowest BCUT2D eigenvalue weighted by Gasteiger charge is -2.35. The molecule has 0 spiro atoms. The highest BCUT2D eigenvalue weighted by Gasteiger charge is 2.22. The molecule has 0 aliphatic carbocycles. The van der Waals surface area contributed by atoms with Crippen molar-refractivity contribution in [3.63, 3.8) is 0 Å². The Morgan fingerprint density at radius 2 is 1.34 bits per heavy atom. The lowest BCUT2D eigenvalue weighted by molar-refractivity contribution is -0.133. The molecule has 4 aromatic rings. The Morgan fingerprint density at radius 1 is 0.781 bits per heavy atom. The van der Waals surface area contributed by atoms with Crippen LogP contribution in [0, 0.1) is 6.92 Å². The van der Waals surface area contributed by atoms with E-state index in [0.717, 1.165) is 43.8 Å². The van der Waals surface area contributed by atoms with Crippen molar-refractivity contribution in [3.05, 3.63) is 94.1 Å². The molecule has 1 aliphatic heterocycles. The molecule has 1 fully saturated rings. The van der Waals surface area contributed by atoms with Crippen LogP contribution in [0.2, 0.25) is 0 Å². The number of hydrogen-bond acceptors (Lipinski definition) is 3. The Morgan fingerprint density at radius 3 is 1.97 bits per heavy atom. The van der Waals surface area contributed by atoms with Crippen molar-refractivity contribution in [3.8, 4) is 0 Å². The number of carbonyl (C=O) groups excluding carboxylic acids is 1. The minimum atomic E-state index is 0.0183. The van der Waals surface area contributed by atoms with Gasteiger partial charge in [-0.05, 0) is 42.3 Å². The van der Waals surface area contributed by atoms with Gasteiger partial charge in [0.1, 0.15) is 6.54 Å². The number of hydrogen-bond donors (Lipinski definition) is 0. The van der Waals surface area contributed by atoms with Crippen molar-refractivity contribution in [1.29, 1.82) is 0 Å². The first kappa shape index (κ1) is 20.5. The van der Waals surface area contributed by atoms with Gasteiger partial charge in [0.25, 0.3) is 0 Å². The Bertz CT molecular complexity index is 1290. The summed E-state index contributed by atoms with van der Waals surface area (Å²) in [5.41, 5.74) is 4.29. The largest absolute Gasteiger partial charge is 0.339 e. The van der Waals surface area contributed by atoms with Gasteiger partial charge in [0.05, 0.1) is 11.0 Å². The molecule has 1 aliphatic rings. The lowest BCUT2D eigenvalue weighted by Crippen LogP contribution is -2.49. The molecular formula is C27H27N3O2. The second kappa shape index (κ2) is 8.60. The fraction of sp³-hybridized carbons (Fsp3) is 0.259. The van der Waals surface area contributed by atoms with Crippen LogP contribution in [-0.2, 0) is 17.9 Å². The van der Waals surface area contributed by atoms with Gasteiger partial charge in [0.2, 0.25) is 5.91 Å². The molecule has 2 heterocycles. The molecule has 1 aromatic heterocycles. The second-order valence-electron chi connectivity index (χ2n) is 8.53. The van der Waals surface area contributed by atoms with Crippen LogP contribution >= 0.6 is 0 Å². The Kier molecular flexibility index (Phi) is 5.50. The van der Waals surface area contributed by atoms with E-state index in [2.05, 4.69) is 36.1 Å². The molecule has 5 nitrogen and oxygen atoms in total. The lowest BCUT2D eigenvalue weighted by atomic mass is 10.1. The number of aromatic nitrogens is 1. The van der Waals surface area contributed by atoms with Crippen LogP contribution in [0.5, 0.6) is 0 Å². The van der Waals surface area contributed by atoms with Crippen LogP contribution < -0.4 is 5.43 Å². The average molecular weight is 426 g/mol. The van der Waals surface area contributed by atoms with Crippen molar-refractivity contribution in [2.75, 3.05) is 26.2 Å². The molecule has 32 heavy (non-hydrogen) atoms. The topological polar surface area (TPSA) is 45.5 Å². The maximum atomic E-state index is 13.3. The summed E-state index contributed by atoms with van der Waals surface area (Å²) >= 11 is 0. The van der Waals surface area contributed by atoms with Crippen molar-refractivity contribution >= 4 is 27.7 Å². The van der Waals surface area contributed by atoms with E-state index in [1.807, 2.05) is 58.0 Å². The minimum absolute atomic E-state index is 0.0183. The van der Waals surface area contributed by atoms with Crippen molar-refractivity contribution in [2.45, 2.75) is 20.0 Å². The standard InChI is InChI=1S/C27H27N3O2/c1-20-8-2-3-9-21(20)18-28-14-16-29(17-15-28)26(31)19-30-24-12-6-4-10-22(24)27(32)23-11-5-7-13-25(23)30/h2-13H,14-19H2,1H3. The van der Waals surface area contributed by atoms with Crippen molar-refractivity contribution in [2.24, 2.45) is 0 Å². The summed E-state index contributed by atoms with van der Waals surface area (Å²) in [5.74, 6) is 0.0968. The van der Waals surface area contributed by atoms with Gasteiger partial charge in [-0.2, -0.15) is 0 Å². The third-order valence-electron chi connectivity index (χ3n) is 6.55. The summed E-state index contributed by atoms with van der Waals surface area (Å²) in [4.78, 5) is 30.6. The Labute approximate surface area is 187 Å². The van der Waals surface area contributed by atoms with E-state index in [-0.39, 0.29) is 17.9 Å². The van der Waals surface area contributed by atoms with Gasteiger partial charge >= 0.3 is 0 Å². The Balaban J connectivity index is 1.35. The highest BCUT2D eigenvalue weighted by Crippen LogP contribution is 2.20. The first-order valence-electron chi connectivity index (χ1n) is 11.2. The van der Waals surface area contributed by atoms with E-state index in [9.17, 15) is 9.59 Å². The molecule has 0 bridgehead atoms. The van der Waals surface area contributed by atoms with Gasteiger partial charge in [-0.1, -0.05) is 48.5 Å². The molecule has 5 rings (SSSR count). The number of benzene rings is 3. The zero-order chi connectivity index (χ0) is 22.1. The average Bonchev–Trinajstić information content (AvgIpc) is 2.83. The molecule has 0 N–H and O–H groups in total. The SMILES string of the molecule is Cc1ccccc1CN1CCN(C(=O)Cn2c3ccccc3c(=O)c3ccccc32)CC1. The number of aryl methyl sites for hydroxylation is 1. The fourth-order valence-electron chi connectivity index (χ4n) is 4.67. The summed E-state index contributed by atoms with van der Waals surface area (Å²) in [6.07, 6.45) is 0. The zero-order valence-corrected chi connectivity index (χ0v) is 18.3. The molecule has 162 valence electrons. The molecule has 5 heteroatoms. The quantitative estimate of drug-likeness (QED) is 0.467. The molecule has 0 atom stereocenters. The predicted octanol–water partition coefficient (Wildman–Crippen LogP) is 3.81. The summed E-state index contributed by atoms with van der Waals surface area (Å²) in [7, 11) is 0. The number of para-hydroxylation sites is 2. The van der Waals surface area contributed by atoms with Crippen LogP contribution in [0.25, 0.3) is 21.8 Å². The van der Waals surface area contributed by atoms with Gasteiger partial charge < -0.3 is 9.47 Å². The molecular weight excluding hydrogens is 398 g/mol. The monoisotopic (exact) mass is 425 g/mol. The number of carbonyl (C=O) groups is 1. The van der Waals surface area contributed by atoms with Gasteiger partial charge in [-0.15, -0.1) is 0 Å². The summed E-state index contributed by atoms with van der Waals surface area (Å²) in [5, 5.41) is 1.31. The number of amides is 1. The number of piperazine rings is 1. The fourth-order valence-corrected chi connectivity index (χ4v) is 4.67. The second-order valence-corrected chi connectivity index (χ2v) is 8.53. The summed E-state index contributed by atoms with van der Waals surface area (Å²) < 4.78 is 1.99. The van der Waals surface area contributed by atoms with Gasteiger partial charge in [-0.3, -0.25) is 14.5 Å². The number of fused-ring (bicyclic) bond motifs is 2. The molecule has 1 amide bonds. The van der Waals surface area contributed by atoms with E-state index >= 15 is 0 Å². The van der Waals surface area contributed by atoms with Crippen molar-refractivity contribution in [1.82, 2.24) is 14.4 Å². The number of pyridine rings is 1. The molecule has 3 aromatic carbocycles. The van der Waals surface area contributed by atoms with Crippen LogP contribution in [-0.4, -0.2) is 46.5 Å². The van der Waals surface area contributed by atoms with Crippen molar-refractivity contribution < 1.29 is 4.79 Å². The number of nitrogens with zero attached hydrogens (tertiary/aromatic N) is 3. The molecule has 0 radical (unpaired) electrons. The summed E-state index contributed by atoms with van der Waals surface area (Å²) in [6, 6.07) is 23.6. The van der Waals surface area contributed by atoms with E-state index in [1.54, 1.807) is 0 Å². The summed E-state index contributed by atoms with van der Waals surface area (Å²) in [6.45, 7) is 6.48. The van der Waals surface area contributed by atoms with Gasteiger partial charge in [0.15, 0.2) is 5.43 Å². The third kappa shape index (κ3) is 3.80. The van der Waals surface area contributed by atoms with Crippen LogP contribution in [0.15, 0.2) is 77.6 Å². The minimum Gasteiger partial charge on any atom is -0.339 e. The highest BCUT2D eigenvalue weighted by atomic mass is 16.2. The van der Waals surface area contributed by atoms with Crippen LogP contribution in [0.1, 0.15) is 11.1 Å². The van der Waals surface area contributed by atoms with E-state index in [1.165, 1.54) is 11.1 Å². The Hall–Kier alpha value is -3.44. The first-order valence-corrected chi connectivity index (χ1v) is 11.2. The maximum Gasteiger partial charge on any atom is 0.242 e. The van der Waals surface area contributed by atoms with Gasteiger partial charge in [-0.25, -0.2) is 0 Å². The maximum absolute atomic E-state index is 13.3. The molecule has 0 unspecified atom stereocenters. The van der Waals surface area contributed by atoms with E-state index < -0.39 is 0 Å².